The molecule has 0 aliphatic heterocycles. The molecule has 0 unspecified atom stereocenters. The molecule has 7 heteroatoms. The summed E-state index contributed by atoms with van der Waals surface area (Å²) < 4.78 is 18.5. The zero-order valence-electron chi connectivity index (χ0n) is 16.5. The Bertz CT molecular complexity index is 1210. The van der Waals surface area contributed by atoms with Gasteiger partial charge in [0.05, 0.1) is 16.8 Å². The molecule has 0 saturated carbocycles. The van der Waals surface area contributed by atoms with E-state index in [2.05, 4.69) is 10.3 Å². The number of nitrogens with zero attached hydrogens (tertiary/aromatic N) is 1. The third-order valence-electron chi connectivity index (χ3n) is 4.68. The van der Waals surface area contributed by atoms with E-state index in [1.165, 1.54) is 17.0 Å². The van der Waals surface area contributed by atoms with Gasteiger partial charge in [-0.1, -0.05) is 24.3 Å². The lowest BCUT2D eigenvalue weighted by molar-refractivity contribution is -0.124. The number of carbonyl (C=O) groups excluding carboxylic acids is 2. The van der Waals surface area contributed by atoms with Gasteiger partial charge in [0, 0.05) is 22.4 Å². The van der Waals surface area contributed by atoms with E-state index in [0.717, 1.165) is 6.42 Å². The second-order valence-corrected chi connectivity index (χ2v) is 7.87. The van der Waals surface area contributed by atoms with Gasteiger partial charge in [-0.3, -0.25) is 4.79 Å². The van der Waals surface area contributed by atoms with E-state index in [9.17, 15) is 14.0 Å². The van der Waals surface area contributed by atoms with Crippen molar-refractivity contribution in [3.05, 3.63) is 88.4 Å². The second-order valence-electron chi connectivity index (χ2n) is 6.83. The molecule has 4 rings (SSSR count). The van der Waals surface area contributed by atoms with Crippen molar-refractivity contribution in [3.63, 3.8) is 0 Å². The van der Waals surface area contributed by atoms with Crippen LogP contribution in [0, 0.1) is 5.82 Å². The lowest BCUT2D eigenvalue weighted by Crippen LogP contribution is -2.30. The molecule has 0 radical (unpaired) electrons. The first-order valence-electron chi connectivity index (χ1n) is 9.72. The van der Waals surface area contributed by atoms with Crippen LogP contribution in [0.1, 0.15) is 15.2 Å². The van der Waals surface area contributed by atoms with Crippen LogP contribution in [0.4, 0.5) is 4.39 Å². The molecule has 2 heterocycles. The van der Waals surface area contributed by atoms with Crippen LogP contribution in [-0.4, -0.2) is 30.0 Å². The number of rotatable bonds is 7. The number of benzene rings is 2. The zero-order chi connectivity index (χ0) is 21.6. The standard InChI is InChI=1S/C24H19FN2O3S/c25-17-9-7-16(8-10-17)22-14-20(19-5-1-2-6-21(19)27-22)24(29)30-15-23(28)26-12-11-18-4-3-13-31-18/h1-10,13-14H,11-12,15H2,(H,26,28). The van der Waals surface area contributed by atoms with Crippen LogP contribution >= 0.6 is 11.3 Å². The van der Waals surface area contributed by atoms with Gasteiger partial charge in [-0.25, -0.2) is 14.2 Å². The van der Waals surface area contributed by atoms with Gasteiger partial charge in [0.25, 0.3) is 5.91 Å². The Morgan fingerprint density at radius 3 is 2.61 bits per heavy atom. The van der Waals surface area contributed by atoms with Crippen LogP contribution in [0.3, 0.4) is 0 Å². The first kappa shape index (κ1) is 20.7. The highest BCUT2D eigenvalue weighted by molar-refractivity contribution is 7.09. The largest absolute Gasteiger partial charge is 0.452 e. The van der Waals surface area contributed by atoms with Gasteiger partial charge in [-0.2, -0.15) is 0 Å². The van der Waals surface area contributed by atoms with Crippen molar-refractivity contribution in [2.24, 2.45) is 0 Å². The summed E-state index contributed by atoms with van der Waals surface area (Å²) in [6.45, 7) is 0.107. The normalized spacial score (nSPS) is 10.7. The van der Waals surface area contributed by atoms with Crippen LogP contribution in [0.2, 0.25) is 0 Å². The first-order chi connectivity index (χ1) is 15.1. The maximum atomic E-state index is 13.3. The smallest absolute Gasteiger partial charge is 0.339 e. The zero-order valence-corrected chi connectivity index (χ0v) is 17.3. The second kappa shape index (κ2) is 9.49. The number of hydrogen-bond acceptors (Lipinski definition) is 5. The number of halogens is 1. The summed E-state index contributed by atoms with van der Waals surface area (Å²) in [7, 11) is 0. The Morgan fingerprint density at radius 2 is 1.84 bits per heavy atom. The molecule has 0 saturated heterocycles. The van der Waals surface area contributed by atoms with Gasteiger partial charge in [0.15, 0.2) is 6.61 Å². The number of fused-ring (bicyclic) bond motifs is 1. The molecule has 0 bridgehead atoms. The fraction of sp³-hybridized carbons (Fsp3) is 0.125. The fourth-order valence-electron chi connectivity index (χ4n) is 3.15. The molecule has 156 valence electrons. The van der Waals surface area contributed by atoms with Crippen molar-refractivity contribution in [3.8, 4) is 11.3 Å². The predicted octanol–water partition coefficient (Wildman–Crippen LogP) is 4.62. The summed E-state index contributed by atoms with van der Waals surface area (Å²) in [6, 6.07) is 18.6. The van der Waals surface area contributed by atoms with Crippen molar-refractivity contribution in [1.29, 1.82) is 0 Å². The lowest BCUT2D eigenvalue weighted by atomic mass is 10.0. The minimum atomic E-state index is -0.615. The summed E-state index contributed by atoms with van der Waals surface area (Å²) in [4.78, 5) is 30.6. The van der Waals surface area contributed by atoms with Crippen molar-refractivity contribution < 1.29 is 18.7 Å². The van der Waals surface area contributed by atoms with Gasteiger partial charge in [-0.05, 0) is 54.3 Å². The predicted molar refractivity (Wildman–Crippen MR) is 118 cm³/mol. The van der Waals surface area contributed by atoms with Gasteiger partial charge in [0.1, 0.15) is 5.82 Å². The van der Waals surface area contributed by atoms with Crippen molar-refractivity contribution >= 4 is 34.1 Å². The fourth-order valence-corrected chi connectivity index (χ4v) is 3.86. The number of nitrogens with one attached hydrogen (secondary N) is 1. The maximum Gasteiger partial charge on any atom is 0.339 e. The molecule has 1 amide bonds. The molecule has 1 N–H and O–H groups in total. The number of ether oxygens (including phenoxy) is 1. The van der Waals surface area contributed by atoms with Crippen LogP contribution < -0.4 is 5.32 Å². The average Bonchev–Trinajstić information content (AvgIpc) is 3.31. The lowest BCUT2D eigenvalue weighted by Gasteiger charge is -2.10. The summed E-state index contributed by atoms with van der Waals surface area (Å²) >= 11 is 1.63. The number of amides is 1. The monoisotopic (exact) mass is 434 g/mol. The minimum Gasteiger partial charge on any atom is -0.452 e. The number of para-hydroxylation sites is 1. The number of esters is 1. The van der Waals surface area contributed by atoms with Crippen LogP contribution in [0.15, 0.2) is 72.1 Å². The van der Waals surface area contributed by atoms with Gasteiger partial charge >= 0.3 is 5.97 Å². The number of aromatic nitrogens is 1. The molecular formula is C24H19FN2O3S. The molecule has 2 aromatic carbocycles. The molecule has 0 atom stereocenters. The Hall–Kier alpha value is -3.58. The molecule has 0 fully saturated rings. The van der Waals surface area contributed by atoms with E-state index >= 15 is 0 Å². The summed E-state index contributed by atoms with van der Waals surface area (Å²) in [5.41, 5.74) is 2.10. The summed E-state index contributed by atoms with van der Waals surface area (Å²) in [5.74, 6) is -1.33. The van der Waals surface area contributed by atoms with E-state index < -0.39 is 5.97 Å². The third kappa shape index (κ3) is 5.13. The van der Waals surface area contributed by atoms with Crippen LogP contribution in [-0.2, 0) is 16.0 Å². The molecule has 0 aliphatic rings. The highest BCUT2D eigenvalue weighted by Crippen LogP contribution is 2.25. The highest BCUT2D eigenvalue weighted by Gasteiger charge is 2.16. The van der Waals surface area contributed by atoms with E-state index in [0.29, 0.717) is 34.3 Å². The van der Waals surface area contributed by atoms with Crippen molar-refractivity contribution in [1.82, 2.24) is 10.3 Å². The topological polar surface area (TPSA) is 68.3 Å². The Kier molecular flexibility index (Phi) is 6.33. The number of hydrogen-bond donors (Lipinski definition) is 1. The van der Waals surface area contributed by atoms with Crippen molar-refractivity contribution in [2.75, 3.05) is 13.2 Å². The number of carbonyl (C=O) groups is 2. The molecule has 0 spiro atoms. The Labute approximate surface area is 182 Å². The third-order valence-corrected chi connectivity index (χ3v) is 5.62. The molecule has 0 aliphatic carbocycles. The van der Waals surface area contributed by atoms with Crippen LogP contribution in [0.5, 0.6) is 0 Å². The van der Waals surface area contributed by atoms with Gasteiger partial charge < -0.3 is 10.1 Å². The first-order valence-corrected chi connectivity index (χ1v) is 10.6. The van der Waals surface area contributed by atoms with Crippen molar-refractivity contribution in [2.45, 2.75) is 6.42 Å². The Morgan fingerprint density at radius 1 is 1.03 bits per heavy atom. The minimum absolute atomic E-state index is 0.302. The Balaban J connectivity index is 1.47. The summed E-state index contributed by atoms with van der Waals surface area (Å²) in [5, 5.41) is 5.36. The molecule has 2 aromatic heterocycles. The maximum absolute atomic E-state index is 13.3. The van der Waals surface area contributed by atoms with Crippen LogP contribution in [0.25, 0.3) is 22.2 Å². The molecule has 5 nitrogen and oxygen atoms in total. The summed E-state index contributed by atoms with van der Waals surface area (Å²) in [6.07, 6.45) is 0.730. The van der Waals surface area contributed by atoms with E-state index in [4.69, 9.17) is 4.74 Å². The van der Waals surface area contributed by atoms with E-state index in [-0.39, 0.29) is 18.3 Å². The molecule has 31 heavy (non-hydrogen) atoms. The highest BCUT2D eigenvalue weighted by atomic mass is 32.1. The van der Waals surface area contributed by atoms with Gasteiger partial charge in [0.2, 0.25) is 0 Å². The molecular weight excluding hydrogens is 415 g/mol. The quantitative estimate of drug-likeness (QED) is 0.431. The molecule has 4 aromatic rings. The van der Waals surface area contributed by atoms with Gasteiger partial charge in [-0.15, -0.1) is 11.3 Å². The SMILES string of the molecule is O=C(COC(=O)c1cc(-c2ccc(F)cc2)nc2ccccc12)NCCc1cccs1. The van der Waals surface area contributed by atoms with E-state index in [1.807, 2.05) is 23.6 Å². The average molecular weight is 434 g/mol. The number of thiophene rings is 1. The van der Waals surface area contributed by atoms with E-state index in [1.54, 1.807) is 47.7 Å². The number of pyridine rings is 1.